The number of nitrogens with one attached hydrogen (secondary N) is 1. The highest BCUT2D eigenvalue weighted by Crippen LogP contribution is 2.29. The van der Waals surface area contributed by atoms with E-state index in [1.165, 1.54) is 0 Å². The lowest BCUT2D eigenvalue weighted by molar-refractivity contribution is 0.411. The first-order chi connectivity index (χ1) is 9.86. The number of sulfonamides is 1. The Morgan fingerprint density at radius 3 is 2.24 bits per heavy atom. The van der Waals surface area contributed by atoms with Crippen LogP contribution >= 0.6 is 0 Å². The first kappa shape index (κ1) is 15.4. The van der Waals surface area contributed by atoms with Crippen LogP contribution in [0.3, 0.4) is 0 Å². The molecule has 0 bridgehead atoms. The van der Waals surface area contributed by atoms with Gasteiger partial charge in [-0.25, -0.2) is 8.42 Å². The lowest BCUT2D eigenvalue weighted by atomic mass is 10.1. The first-order valence-electron chi connectivity index (χ1n) is 6.59. The van der Waals surface area contributed by atoms with Crippen LogP contribution in [0.2, 0.25) is 0 Å². The Morgan fingerprint density at radius 1 is 0.952 bits per heavy atom. The molecule has 0 amide bonds. The molecule has 21 heavy (non-hydrogen) atoms. The largest absolute Gasteiger partial charge is 0.496 e. The minimum Gasteiger partial charge on any atom is -0.496 e. The molecule has 0 aliphatic heterocycles. The van der Waals surface area contributed by atoms with Gasteiger partial charge >= 0.3 is 0 Å². The molecule has 0 unspecified atom stereocenters. The maximum absolute atomic E-state index is 12.5. The van der Waals surface area contributed by atoms with Gasteiger partial charge in [-0.3, -0.25) is 4.72 Å². The van der Waals surface area contributed by atoms with Crippen molar-refractivity contribution >= 4 is 15.7 Å². The van der Waals surface area contributed by atoms with E-state index in [0.29, 0.717) is 11.3 Å². The van der Waals surface area contributed by atoms with Gasteiger partial charge in [0.1, 0.15) is 5.75 Å². The third-order valence-corrected chi connectivity index (χ3v) is 5.11. The summed E-state index contributed by atoms with van der Waals surface area (Å²) in [6.07, 6.45) is 0. The van der Waals surface area contributed by atoms with Crippen LogP contribution in [0.25, 0.3) is 0 Å². The molecular weight excluding hydrogens is 286 g/mol. The Kier molecular flexibility index (Phi) is 4.23. The van der Waals surface area contributed by atoms with Crippen molar-refractivity contribution in [1.29, 1.82) is 0 Å². The van der Waals surface area contributed by atoms with Gasteiger partial charge in [0.25, 0.3) is 10.0 Å². The molecule has 4 nitrogen and oxygen atoms in total. The van der Waals surface area contributed by atoms with Crippen molar-refractivity contribution in [3.63, 3.8) is 0 Å². The Balaban J connectivity index is 2.43. The van der Waals surface area contributed by atoms with Crippen LogP contribution in [0.15, 0.2) is 41.3 Å². The molecule has 0 heterocycles. The fraction of sp³-hybridized carbons (Fsp3) is 0.250. The zero-order valence-electron chi connectivity index (χ0n) is 12.6. The van der Waals surface area contributed by atoms with Crippen LogP contribution in [0.5, 0.6) is 5.75 Å². The molecule has 0 radical (unpaired) electrons. The second-order valence-electron chi connectivity index (χ2n) is 4.94. The van der Waals surface area contributed by atoms with Crippen molar-refractivity contribution < 1.29 is 13.2 Å². The molecule has 0 saturated heterocycles. The van der Waals surface area contributed by atoms with E-state index in [0.717, 1.165) is 16.9 Å². The molecule has 0 fully saturated rings. The lowest BCUT2D eigenvalue weighted by Crippen LogP contribution is -2.15. The van der Waals surface area contributed by atoms with Crippen LogP contribution in [0.4, 0.5) is 5.69 Å². The quantitative estimate of drug-likeness (QED) is 0.941. The van der Waals surface area contributed by atoms with E-state index in [1.807, 2.05) is 19.9 Å². The maximum atomic E-state index is 12.5. The Bertz CT molecular complexity index is 767. The normalized spacial score (nSPS) is 11.2. The van der Waals surface area contributed by atoms with E-state index < -0.39 is 10.0 Å². The number of anilines is 1. The van der Waals surface area contributed by atoms with Crippen LogP contribution in [0.1, 0.15) is 16.7 Å². The summed E-state index contributed by atoms with van der Waals surface area (Å²) in [7, 11) is -2.00. The summed E-state index contributed by atoms with van der Waals surface area (Å²) in [4.78, 5) is 0.290. The summed E-state index contributed by atoms with van der Waals surface area (Å²) in [5, 5.41) is 0. The smallest absolute Gasteiger partial charge is 0.262 e. The van der Waals surface area contributed by atoms with Crippen LogP contribution in [0, 0.1) is 20.8 Å². The molecule has 5 heteroatoms. The van der Waals surface area contributed by atoms with E-state index in [4.69, 9.17) is 4.74 Å². The summed E-state index contributed by atoms with van der Waals surface area (Å²) in [5.41, 5.74) is 3.05. The van der Waals surface area contributed by atoms with Crippen molar-refractivity contribution in [3.8, 4) is 5.75 Å². The minimum absolute atomic E-state index is 0.290. The summed E-state index contributed by atoms with van der Waals surface area (Å²) in [6.45, 7) is 5.55. The van der Waals surface area contributed by atoms with Crippen molar-refractivity contribution in [2.45, 2.75) is 25.7 Å². The van der Waals surface area contributed by atoms with Crippen molar-refractivity contribution in [2.24, 2.45) is 0 Å². The first-order valence-corrected chi connectivity index (χ1v) is 8.08. The Hall–Kier alpha value is -2.01. The van der Waals surface area contributed by atoms with Crippen LogP contribution in [-0.2, 0) is 10.0 Å². The molecule has 0 atom stereocenters. The lowest BCUT2D eigenvalue weighted by Gasteiger charge is -2.15. The SMILES string of the molecule is COc1ccc(NS(=O)(=O)c2ccccc2C)c(C)c1C. The highest BCUT2D eigenvalue weighted by Gasteiger charge is 2.18. The highest BCUT2D eigenvalue weighted by atomic mass is 32.2. The molecule has 2 rings (SSSR count). The van der Waals surface area contributed by atoms with Crippen molar-refractivity contribution in [3.05, 3.63) is 53.1 Å². The summed E-state index contributed by atoms with van der Waals surface area (Å²) in [5.74, 6) is 0.742. The Labute approximate surface area is 125 Å². The fourth-order valence-electron chi connectivity index (χ4n) is 2.19. The zero-order valence-corrected chi connectivity index (χ0v) is 13.4. The summed E-state index contributed by atoms with van der Waals surface area (Å²) >= 11 is 0. The molecule has 0 aliphatic rings. The molecule has 0 aliphatic carbocycles. The number of aryl methyl sites for hydroxylation is 1. The molecule has 112 valence electrons. The van der Waals surface area contributed by atoms with Gasteiger partial charge in [-0.1, -0.05) is 18.2 Å². The average molecular weight is 305 g/mol. The van der Waals surface area contributed by atoms with Gasteiger partial charge in [-0.15, -0.1) is 0 Å². The van der Waals surface area contributed by atoms with E-state index in [-0.39, 0.29) is 4.90 Å². The van der Waals surface area contributed by atoms with Gasteiger partial charge in [0, 0.05) is 0 Å². The number of ether oxygens (including phenoxy) is 1. The monoisotopic (exact) mass is 305 g/mol. The predicted molar refractivity (Wildman–Crippen MR) is 84.5 cm³/mol. The maximum Gasteiger partial charge on any atom is 0.262 e. The van der Waals surface area contributed by atoms with E-state index in [2.05, 4.69) is 4.72 Å². The molecule has 1 N–H and O–H groups in total. The summed E-state index contributed by atoms with van der Waals surface area (Å²) < 4.78 is 32.9. The number of benzene rings is 2. The van der Waals surface area contributed by atoms with E-state index >= 15 is 0 Å². The summed E-state index contributed by atoms with van der Waals surface area (Å²) in [6, 6.07) is 10.4. The average Bonchev–Trinajstić information content (AvgIpc) is 2.44. The van der Waals surface area contributed by atoms with Gasteiger partial charge in [-0.2, -0.15) is 0 Å². The standard InChI is InChI=1S/C16H19NO3S/c1-11-7-5-6-8-16(11)21(18,19)17-14-9-10-15(20-4)13(3)12(14)2/h5-10,17H,1-4H3. The molecule has 0 spiro atoms. The van der Waals surface area contributed by atoms with E-state index in [1.54, 1.807) is 44.4 Å². The predicted octanol–water partition coefficient (Wildman–Crippen LogP) is 3.42. The van der Waals surface area contributed by atoms with Gasteiger partial charge < -0.3 is 4.74 Å². The Morgan fingerprint density at radius 2 is 1.62 bits per heavy atom. The zero-order chi connectivity index (χ0) is 15.6. The van der Waals surface area contributed by atoms with Crippen molar-refractivity contribution in [1.82, 2.24) is 0 Å². The molecule has 2 aromatic carbocycles. The van der Waals surface area contributed by atoms with Gasteiger partial charge in [0.15, 0.2) is 0 Å². The third-order valence-electron chi connectivity index (χ3n) is 3.58. The van der Waals surface area contributed by atoms with Crippen LogP contribution in [-0.4, -0.2) is 15.5 Å². The number of methoxy groups -OCH3 is 1. The molecule has 2 aromatic rings. The second kappa shape index (κ2) is 5.77. The molecule has 0 aromatic heterocycles. The van der Waals surface area contributed by atoms with Gasteiger partial charge in [0.2, 0.25) is 0 Å². The van der Waals surface area contributed by atoms with E-state index in [9.17, 15) is 8.42 Å². The van der Waals surface area contributed by atoms with Gasteiger partial charge in [0.05, 0.1) is 17.7 Å². The number of hydrogen-bond donors (Lipinski definition) is 1. The topological polar surface area (TPSA) is 55.4 Å². The number of rotatable bonds is 4. The molecular formula is C16H19NO3S. The minimum atomic E-state index is -3.59. The van der Waals surface area contributed by atoms with Gasteiger partial charge in [-0.05, 0) is 55.7 Å². The highest BCUT2D eigenvalue weighted by molar-refractivity contribution is 7.92. The fourth-order valence-corrected chi connectivity index (χ4v) is 3.56. The molecule has 0 saturated carbocycles. The third kappa shape index (κ3) is 3.03. The second-order valence-corrected chi connectivity index (χ2v) is 6.59. The number of hydrogen-bond acceptors (Lipinski definition) is 3. The van der Waals surface area contributed by atoms with Crippen LogP contribution < -0.4 is 9.46 Å². The van der Waals surface area contributed by atoms with Crippen molar-refractivity contribution in [2.75, 3.05) is 11.8 Å².